The fraction of sp³-hybridized carbons (Fsp3) is 0.458. The van der Waals surface area contributed by atoms with Crippen LogP contribution in [-0.4, -0.2) is 31.3 Å². The third kappa shape index (κ3) is 7.13. The monoisotopic (exact) mass is 351 g/mol. The van der Waals surface area contributed by atoms with Gasteiger partial charge < -0.3 is 4.90 Å². The molecule has 0 spiro atoms. The van der Waals surface area contributed by atoms with E-state index in [9.17, 15) is 4.79 Å². The Labute approximate surface area is 159 Å². The van der Waals surface area contributed by atoms with E-state index in [2.05, 4.69) is 25.1 Å². The Morgan fingerprint density at radius 3 is 2.00 bits per heavy atom. The number of carbonyl (C=O) groups is 1. The summed E-state index contributed by atoms with van der Waals surface area (Å²) in [5, 5.41) is 0. The van der Waals surface area contributed by atoms with Crippen LogP contribution in [0.1, 0.15) is 66.4 Å². The molecule has 0 atom stereocenters. The van der Waals surface area contributed by atoms with Crippen molar-refractivity contribution >= 4 is 5.78 Å². The number of hydrogen-bond acceptors (Lipinski definition) is 2. The zero-order valence-corrected chi connectivity index (χ0v) is 16.4. The third-order valence-electron chi connectivity index (χ3n) is 4.85. The molecule has 140 valence electrons. The Balaban J connectivity index is 1.73. The average molecular weight is 352 g/mol. The third-order valence-corrected chi connectivity index (χ3v) is 4.85. The molecule has 0 bridgehead atoms. The summed E-state index contributed by atoms with van der Waals surface area (Å²) in [4.78, 5) is 15.0. The minimum Gasteiger partial charge on any atom is -0.309 e. The molecule has 2 nitrogen and oxygen atoms in total. The lowest BCUT2D eigenvalue weighted by Gasteiger charge is -2.09. The molecule has 26 heavy (non-hydrogen) atoms. The van der Waals surface area contributed by atoms with Crippen molar-refractivity contribution in [1.82, 2.24) is 4.90 Å². The van der Waals surface area contributed by atoms with Crippen LogP contribution in [0, 0.1) is 0 Å². The second-order valence-corrected chi connectivity index (χ2v) is 7.38. The van der Waals surface area contributed by atoms with E-state index in [0.717, 1.165) is 24.0 Å². The molecule has 0 fully saturated rings. The van der Waals surface area contributed by atoms with Crippen LogP contribution in [0.15, 0.2) is 54.6 Å². The number of nitrogens with zero attached hydrogens (tertiary/aromatic N) is 1. The molecule has 2 aromatic rings. The van der Waals surface area contributed by atoms with E-state index in [1.165, 1.54) is 50.6 Å². The molecular formula is C24H33NO. The van der Waals surface area contributed by atoms with Gasteiger partial charge in [0.05, 0.1) is 0 Å². The number of carbonyl (C=O) groups excluding carboxylic acids is 1. The van der Waals surface area contributed by atoms with Crippen LogP contribution in [0.25, 0.3) is 0 Å². The summed E-state index contributed by atoms with van der Waals surface area (Å²) in [6, 6.07) is 17.7. The van der Waals surface area contributed by atoms with E-state index in [1.807, 2.05) is 48.5 Å². The maximum absolute atomic E-state index is 12.7. The second kappa shape index (κ2) is 11.6. The predicted octanol–water partition coefficient (Wildman–Crippen LogP) is 5.75. The highest BCUT2D eigenvalue weighted by atomic mass is 16.1. The van der Waals surface area contributed by atoms with Gasteiger partial charge in [0.1, 0.15) is 0 Å². The minimum atomic E-state index is 0.141. The Bertz CT molecular complexity index is 648. The second-order valence-electron chi connectivity index (χ2n) is 7.38. The Hall–Kier alpha value is -1.93. The van der Waals surface area contributed by atoms with E-state index in [-0.39, 0.29) is 5.78 Å². The number of unbranched alkanes of at least 4 members (excludes halogenated alkanes) is 6. The van der Waals surface area contributed by atoms with E-state index in [0.29, 0.717) is 0 Å². The van der Waals surface area contributed by atoms with Crippen molar-refractivity contribution < 1.29 is 4.79 Å². The van der Waals surface area contributed by atoms with Gasteiger partial charge in [-0.05, 0) is 45.5 Å². The largest absolute Gasteiger partial charge is 0.309 e. The van der Waals surface area contributed by atoms with Crippen molar-refractivity contribution in [2.75, 3.05) is 20.6 Å². The predicted molar refractivity (Wildman–Crippen MR) is 111 cm³/mol. The summed E-state index contributed by atoms with van der Waals surface area (Å²) in [7, 11) is 4.28. The number of ketones is 1. The summed E-state index contributed by atoms with van der Waals surface area (Å²) in [6.07, 6.45) is 10.0. The number of hydrogen-bond donors (Lipinski definition) is 0. The molecule has 0 saturated heterocycles. The van der Waals surface area contributed by atoms with Crippen LogP contribution in [0.4, 0.5) is 0 Å². The number of benzene rings is 2. The fourth-order valence-electron chi connectivity index (χ4n) is 3.33. The van der Waals surface area contributed by atoms with E-state index in [1.54, 1.807) is 0 Å². The summed E-state index contributed by atoms with van der Waals surface area (Å²) < 4.78 is 0. The van der Waals surface area contributed by atoms with Crippen LogP contribution in [-0.2, 0) is 6.42 Å². The molecule has 0 aromatic heterocycles. The van der Waals surface area contributed by atoms with E-state index in [4.69, 9.17) is 0 Å². The zero-order chi connectivity index (χ0) is 18.6. The first-order valence-electron chi connectivity index (χ1n) is 10.0. The van der Waals surface area contributed by atoms with Crippen molar-refractivity contribution in [2.24, 2.45) is 0 Å². The topological polar surface area (TPSA) is 20.3 Å². The van der Waals surface area contributed by atoms with E-state index < -0.39 is 0 Å². The van der Waals surface area contributed by atoms with Gasteiger partial charge in [0, 0.05) is 11.1 Å². The first-order chi connectivity index (χ1) is 12.7. The zero-order valence-electron chi connectivity index (χ0n) is 16.4. The Morgan fingerprint density at radius 2 is 1.31 bits per heavy atom. The maximum atomic E-state index is 12.7. The molecule has 0 heterocycles. The van der Waals surface area contributed by atoms with Gasteiger partial charge in [0.25, 0.3) is 0 Å². The standard InChI is InChI=1S/C24H33NO/c1-25(2)20-14-7-5-3-4-6-9-15-21-16-12-13-19-23(21)24(26)22-17-10-8-11-18-22/h8,10-13,16-19H,3-7,9,14-15,20H2,1-2H3. The first kappa shape index (κ1) is 20.4. The quantitative estimate of drug-likeness (QED) is 0.358. The fourth-order valence-corrected chi connectivity index (χ4v) is 3.33. The van der Waals surface area contributed by atoms with Crippen molar-refractivity contribution in [1.29, 1.82) is 0 Å². The molecule has 0 aliphatic carbocycles. The minimum absolute atomic E-state index is 0.141. The molecule has 2 heteroatoms. The first-order valence-corrected chi connectivity index (χ1v) is 10.0. The molecule has 2 aromatic carbocycles. The average Bonchev–Trinajstić information content (AvgIpc) is 2.67. The van der Waals surface area contributed by atoms with Crippen molar-refractivity contribution in [3.05, 3.63) is 71.3 Å². The van der Waals surface area contributed by atoms with Crippen LogP contribution in [0.5, 0.6) is 0 Å². The van der Waals surface area contributed by atoms with Gasteiger partial charge in [-0.2, -0.15) is 0 Å². The van der Waals surface area contributed by atoms with E-state index >= 15 is 0 Å². The van der Waals surface area contributed by atoms with Gasteiger partial charge in [-0.25, -0.2) is 0 Å². The molecular weight excluding hydrogens is 318 g/mol. The smallest absolute Gasteiger partial charge is 0.193 e. The summed E-state index contributed by atoms with van der Waals surface area (Å²) in [5.74, 6) is 0.141. The normalized spacial score (nSPS) is 11.0. The highest BCUT2D eigenvalue weighted by Crippen LogP contribution is 2.18. The SMILES string of the molecule is CN(C)CCCCCCCCCc1ccccc1C(=O)c1ccccc1. The highest BCUT2D eigenvalue weighted by Gasteiger charge is 2.12. The van der Waals surface area contributed by atoms with Crippen molar-refractivity contribution in [3.63, 3.8) is 0 Å². The van der Waals surface area contributed by atoms with Crippen LogP contribution in [0.3, 0.4) is 0 Å². The van der Waals surface area contributed by atoms with Gasteiger partial charge >= 0.3 is 0 Å². The molecule has 0 saturated carbocycles. The van der Waals surface area contributed by atoms with Crippen LogP contribution in [0.2, 0.25) is 0 Å². The van der Waals surface area contributed by atoms with Crippen molar-refractivity contribution in [3.8, 4) is 0 Å². The Kier molecular flexibility index (Phi) is 9.13. The molecule has 0 amide bonds. The maximum Gasteiger partial charge on any atom is 0.193 e. The van der Waals surface area contributed by atoms with Gasteiger partial charge in [-0.1, -0.05) is 86.7 Å². The molecule has 0 aliphatic rings. The molecule has 0 unspecified atom stereocenters. The van der Waals surface area contributed by atoms with Crippen LogP contribution < -0.4 is 0 Å². The lowest BCUT2D eigenvalue weighted by Crippen LogP contribution is -2.12. The molecule has 0 aliphatic heterocycles. The van der Waals surface area contributed by atoms with Crippen LogP contribution >= 0.6 is 0 Å². The summed E-state index contributed by atoms with van der Waals surface area (Å²) >= 11 is 0. The van der Waals surface area contributed by atoms with Crippen molar-refractivity contribution in [2.45, 2.75) is 51.4 Å². The number of aryl methyl sites for hydroxylation is 1. The van der Waals surface area contributed by atoms with Gasteiger partial charge in [-0.15, -0.1) is 0 Å². The molecule has 0 radical (unpaired) electrons. The lowest BCUT2D eigenvalue weighted by atomic mass is 9.95. The molecule has 2 rings (SSSR count). The summed E-state index contributed by atoms with van der Waals surface area (Å²) in [5.41, 5.74) is 2.83. The van der Waals surface area contributed by atoms with Gasteiger partial charge in [0.15, 0.2) is 5.78 Å². The van der Waals surface area contributed by atoms with Gasteiger partial charge in [0.2, 0.25) is 0 Å². The summed E-state index contributed by atoms with van der Waals surface area (Å²) in [6.45, 7) is 1.20. The Morgan fingerprint density at radius 1 is 0.731 bits per heavy atom. The molecule has 0 N–H and O–H groups in total. The highest BCUT2D eigenvalue weighted by molar-refractivity contribution is 6.09. The lowest BCUT2D eigenvalue weighted by molar-refractivity contribution is 0.103. The number of rotatable bonds is 12. The van der Waals surface area contributed by atoms with Gasteiger partial charge in [-0.3, -0.25) is 4.79 Å².